The molecule has 25 heavy (non-hydrogen) atoms. The third-order valence-corrected chi connectivity index (χ3v) is 5.04. The van der Waals surface area contributed by atoms with Crippen LogP contribution in [0.3, 0.4) is 0 Å². The molecule has 1 fully saturated rings. The van der Waals surface area contributed by atoms with Crippen molar-refractivity contribution < 1.29 is 4.74 Å². The van der Waals surface area contributed by atoms with Gasteiger partial charge in [0.15, 0.2) is 11.3 Å². The maximum Gasteiger partial charge on any atom is 0.279 e. The van der Waals surface area contributed by atoms with Gasteiger partial charge in [-0.25, -0.2) is 9.50 Å². The molecule has 0 bridgehead atoms. The van der Waals surface area contributed by atoms with Crippen molar-refractivity contribution in [1.82, 2.24) is 19.2 Å². The van der Waals surface area contributed by atoms with E-state index in [9.17, 15) is 4.79 Å². The number of rotatable bonds is 4. The molecule has 1 aliphatic carbocycles. The van der Waals surface area contributed by atoms with E-state index >= 15 is 0 Å². The highest BCUT2D eigenvalue weighted by atomic mass is 35.5. The predicted octanol–water partition coefficient (Wildman–Crippen LogP) is 3.32. The standard InChI is InChI=1S/C18H19ClN4O2/c1-22-16(11-25-14-8-6-13(19)7-9-14)21-23-15(18(22)24)10-20-17(23)12-4-2-3-5-12/h6-10,12H,2-5,11H2,1H3. The van der Waals surface area contributed by atoms with Crippen LogP contribution in [0.15, 0.2) is 35.3 Å². The fraction of sp³-hybridized carbons (Fsp3) is 0.389. The molecule has 1 aliphatic rings. The van der Waals surface area contributed by atoms with E-state index in [1.807, 2.05) is 0 Å². The summed E-state index contributed by atoms with van der Waals surface area (Å²) in [5.41, 5.74) is 0.404. The summed E-state index contributed by atoms with van der Waals surface area (Å²) < 4.78 is 8.99. The van der Waals surface area contributed by atoms with Crippen LogP contribution in [-0.2, 0) is 13.7 Å². The minimum atomic E-state index is -0.110. The lowest BCUT2D eigenvalue weighted by molar-refractivity contribution is 0.286. The van der Waals surface area contributed by atoms with Crippen LogP contribution in [0.25, 0.3) is 5.52 Å². The number of halogens is 1. The van der Waals surface area contributed by atoms with Crippen LogP contribution >= 0.6 is 11.6 Å². The molecule has 0 unspecified atom stereocenters. The minimum absolute atomic E-state index is 0.110. The van der Waals surface area contributed by atoms with E-state index in [2.05, 4.69) is 10.1 Å². The average molecular weight is 359 g/mol. The largest absolute Gasteiger partial charge is 0.486 e. The lowest BCUT2D eigenvalue weighted by atomic mass is 10.1. The van der Waals surface area contributed by atoms with Gasteiger partial charge in [0.05, 0.1) is 6.20 Å². The van der Waals surface area contributed by atoms with Crippen LogP contribution in [0.2, 0.25) is 5.02 Å². The molecule has 0 radical (unpaired) electrons. The number of benzene rings is 1. The molecule has 1 saturated carbocycles. The number of hydrogen-bond acceptors (Lipinski definition) is 4. The van der Waals surface area contributed by atoms with Gasteiger partial charge in [-0.3, -0.25) is 9.36 Å². The quantitative estimate of drug-likeness (QED) is 0.717. The molecule has 0 aliphatic heterocycles. The zero-order valence-electron chi connectivity index (χ0n) is 14.0. The first-order valence-corrected chi connectivity index (χ1v) is 8.83. The number of fused-ring (bicyclic) bond motifs is 1. The van der Waals surface area contributed by atoms with Gasteiger partial charge in [-0.2, -0.15) is 0 Å². The number of aromatic nitrogens is 4. The van der Waals surface area contributed by atoms with Gasteiger partial charge in [-0.1, -0.05) is 24.4 Å². The van der Waals surface area contributed by atoms with Crippen molar-refractivity contribution in [2.75, 3.05) is 0 Å². The molecule has 0 spiro atoms. The summed E-state index contributed by atoms with van der Waals surface area (Å²) in [4.78, 5) is 17.1. The molecule has 7 heteroatoms. The summed E-state index contributed by atoms with van der Waals surface area (Å²) in [5, 5.41) is 5.29. The number of nitrogens with zero attached hydrogens (tertiary/aromatic N) is 4. The Labute approximate surface area is 150 Å². The van der Waals surface area contributed by atoms with Crippen molar-refractivity contribution in [2.24, 2.45) is 7.05 Å². The van der Waals surface area contributed by atoms with Crippen LogP contribution in [-0.4, -0.2) is 19.2 Å². The average Bonchev–Trinajstić information content (AvgIpc) is 3.27. The number of hydrogen-bond donors (Lipinski definition) is 0. The molecular formula is C18H19ClN4O2. The molecule has 0 amide bonds. The van der Waals surface area contributed by atoms with E-state index in [0.29, 0.717) is 28.0 Å². The fourth-order valence-electron chi connectivity index (χ4n) is 3.35. The molecular weight excluding hydrogens is 340 g/mol. The minimum Gasteiger partial charge on any atom is -0.486 e. The Morgan fingerprint density at radius 1 is 1.24 bits per heavy atom. The molecule has 2 heterocycles. The van der Waals surface area contributed by atoms with Gasteiger partial charge in [-0.05, 0) is 37.1 Å². The fourth-order valence-corrected chi connectivity index (χ4v) is 3.48. The topological polar surface area (TPSA) is 61.4 Å². The van der Waals surface area contributed by atoms with Crippen molar-refractivity contribution in [3.05, 3.63) is 57.5 Å². The maximum absolute atomic E-state index is 12.6. The zero-order valence-corrected chi connectivity index (χ0v) is 14.7. The highest BCUT2D eigenvalue weighted by Gasteiger charge is 2.23. The van der Waals surface area contributed by atoms with E-state index in [0.717, 1.165) is 18.7 Å². The van der Waals surface area contributed by atoms with Gasteiger partial charge >= 0.3 is 0 Å². The second kappa shape index (κ2) is 6.52. The Kier molecular flexibility index (Phi) is 4.21. The molecule has 0 saturated heterocycles. The smallest absolute Gasteiger partial charge is 0.279 e. The maximum atomic E-state index is 12.6. The van der Waals surface area contributed by atoms with Crippen molar-refractivity contribution in [3.63, 3.8) is 0 Å². The Morgan fingerprint density at radius 3 is 2.68 bits per heavy atom. The molecule has 130 valence electrons. The summed E-state index contributed by atoms with van der Waals surface area (Å²) in [6, 6.07) is 7.11. The van der Waals surface area contributed by atoms with Crippen molar-refractivity contribution in [1.29, 1.82) is 0 Å². The lowest BCUT2D eigenvalue weighted by Gasteiger charge is -2.12. The van der Waals surface area contributed by atoms with Crippen LogP contribution in [0.1, 0.15) is 43.3 Å². The molecule has 1 aromatic carbocycles. The summed E-state index contributed by atoms with van der Waals surface area (Å²) in [6.45, 7) is 0.200. The Bertz CT molecular complexity index is 956. The van der Waals surface area contributed by atoms with Crippen molar-refractivity contribution in [2.45, 2.75) is 38.2 Å². The van der Waals surface area contributed by atoms with Gasteiger partial charge in [0.2, 0.25) is 0 Å². The molecule has 0 N–H and O–H groups in total. The SMILES string of the molecule is Cn1c(COc2ccc(Cl)cc2)nn2c(C3CCCC3)ncc2c1=O. The summed E-state index contributed by atoms with van der Waals surface area (Å²) in [5.74, 6) is 2.51. The van der Waals surface area contributed by atoms with Gasteiger partial charge in [0, 0.05) is 18.0 Å². The highest BCUT2D eigenvalue weighted by molar-refractivity contribution is 6.30. The molecule has 6 nitrogen and oxygen atoms in total. The van der Waals surface area contributed by atoms with Crippen LogP contribution < -0.4 is 10.3 Å². The van der Waals surface area contributed by atoms with Crippen LogP contribution in [0.4, 0.5) is 0 Å². The first-order chi connectivity index (χ1) is 12.1. The molecule has 3 aromatic rings. The molecule has 2 aromatic heterocycles. The van der Waals surface area contributed by atoms with Gasteiger partial charge in [0.1, 0.15) is 18.2 Å². The van der Waals surface area contributed by atoms with Crippen molar-refractivity contribution in [3.8, 4) is 5.75 Å². The van der Waals surface area contributed by atoms with E-state index in [-0.39, 0.29) is 12.2 Å². The summed E-state index contributed by atoms with van der Waals surface area (Å²) >= 11 is 5.88. The van der Waals surface area contributed by atoms with E-state index in [1.54, 1.807) is 42.0 Å². The van der Waals surface area contributed by atoms with Crippen LogP contribution in [0.5, 0.6) is 5.75 Å². The molecule has 4 rings (SSSR count). The van der Waals surface area contributed by atoms with Gasteiger partial charge in [-0.15, -0.1) is 5.10 Å². The Balaban J connectivity index is 1.68. The lowest BCUT2D eigenvalue weighted by Crippen LogP contribution is -2.26. The van der Waals surface area contributed by atoms with E-state index < -0.39 is 0 Å². The Hall–Kier alpha value is -2.34. The van der Waals surface area contributed by atoms with Crippen molar-refractivity contribution >= 4 is 17.1 Å². The number of ether oxygens (including phenoxy) is 1. The first kappa shape index (κ1) is 16.1. The predicted molar refractivity (Wildman–Crippen MR) is 95.2 cm³/mol. The van der Waals surface area contributed by atoms with Crippen LogP contribution in [0, 0.1) is 0 Å². The summed E-state index contributed by atoms with van der Waals surface area (Å²) in [6.07, 6.45) is 6.25. The second-order valence-corrected chi connectivity index (χ2v) is 6.85. The van der Waals surface area contributed by atoms with E-state index in [4.69, 9.17) is 16.3 Å². The highest BCUT2D eigenvalue weighted by Crippen LogP contribution is 2.32. The monoisotopic (exact) mass is 358 g/mol. The van der Waals surface area contributed by atoms with Gasteiger partial charge < -0.3 is 4.74 Å². The second-order valence-electron chi connectivity index (χ2n) is 6.42. The normalized spacial score (nSPS) is 15.1. The first-order valence-electron chi connectivity index (χ1n) is 8.45. The molecule has 0 atom stereocenters. The van der Waals surface area contributed by atoms with E-state index in [1.165, 1.54) is 17.4 Å². The third-order valence-electron chi connectivity index (χ3n) is 4.79. The summed E-state index contributed by atoms with van der Waals surface area (Å²) in [7, 11) is 1.71. The van der Waals surface area contributed by atoms with Gasteiger partial charge in [0.25, 0.3) is 5.56 Å². The number of imidazole rings is 1. The zero-order chi connectivity index (χ0) is 17.4. The Morgan fingerprint density at radius 2 is 1.96 bits per heavy atom. The third kappa shape index (κ3) is 3.02.